The maximum absolute atomic E-state index is 10.4. The van der Waals surface area contributed by atoms with Crippen molar-refractivity contribution in [1.29, 1.82) is 0 Å². The zero-order valence-corrected chi connectivity index (χ0v) is 16.9. The molecule has 3 aromatic rings. The molecule has 2 atom stereocenters. The van der Waals surface area contributed by atoms with Crippen LogP contribution >= 0.6 is 11.6 Å². The molecule has 5 rings (SSSR count). The Balaban J connectivity index is 1.62. The topological polar surface area (TPSA) is 74.5 Å². The van der Waals surface area contributed by atoms with Gasteiger partial charge >= 0.3 is 0 Å². The van der Waals surface area contributed by atoms with E-state index in [9.17, 15) is 10.2 Å². The molecule has 2 heterocycles. The molecule has 6 nitrogen and oxygen atoms in total. The second-order valence-electron chi connectivity index (χ2n) is 7.25. The van der Waals surface area contributed by atoms with Crippen molar-refractivity contribution in [2.45, 2.75) is 18.7 Å². The molecule has 0 radical (unpaired) electrons. The zero-order chi connectivity index (χ0) is 20.8. The average molecular weight is 423 g/mol. The van der Waals surface area contributed by atoms with Gasteiger partial charge in [0.2, 0.25) is 6.23 Å². The molecule has 2 aliphatic rings. The number of hydrogen-bond donors (Lipinski definition) is 2. The zero-order valence-electron chi connectivity index (χ0n) is 16.1. The summed E-state index contributed by atoms with van der Waals surface area (Å²) in [4.78, 5) is 0. The minimum absolute atomic E-state index is 0.0588. The molecule has 2 aliphatic heterocycles. The quantitative estimate of drug-likeness (QED) is 0.621. The van der Waals surface area contributed by atoms with Gasteiger partial charge in [0.1, 0.15) is 11.5 Å². The fourth-order valence-corrected chi connectivity index (χ4v) is 4.18. The fourth-order valence-electron chi connectivity index (χ4n) is 4.00. The number of para-hydroxylation sites is 1. The minimum atomic E-state index is -0.516. The van der Waals surface area contributed by atoms with Crippen LogP contribution in [0.4, 0.5) is 0 Å². The molecule has 0 aliphatic carbocycles. The number of nitrogens with zero attached hydrogens (tertiary/aromatic N) is 2. The predicted octanol–water partition coefficient (Wildman–Crippen LogP) is 5.00. The fraction of sp³-hybridized carbons (Fsp3) is 0.174. The standard InChI is InChI=1S/C23H19ClN2O4/c1-29-22-10-13(6-8-20(22)28)23-26-18(15-4-2-3-5-21(15)30-23)12-17(25-26)16-11-14(24)7-9-19(16)27/h2-11,18,23,27-28H,12H2,1H3/t18-,23-/m0/s1. The van der Waals surface area contributed by atoms with Crippen LogP contribution in [-0.4, -0.2) is 28.0 Å². The normalized spacial score (nSPS) is 19.5. The molecule has 0 amide bonds. The van der Waals surface area contributed by atoms with Crippen molar-refractivity contribution in [1.82, 2.24) is 5.01 Å². The lowest BCUT2D eigenvalue weighted by atomic mass is 9.95. The second-order valence-corrected chi connectivity index (χ2v) is 7.68. The SMILES string of the molecule is COc1cc([C@@H]2Oc3ccccc3[C@@H]3CC(c4cc(Cl)ccc4O)=NN32)ccc1O. The lowest BCUT2D eigenvalue weighted by Crippen LogP contribution is -2.33. The van der Waals surface area contributed by atoms with E-state index in [2.05, 4.69) is 0 Å². The first-order chi connectivity index (χ1) is 14.5. The molecule has 0 saturated carbocycles. The van der Waals surface area contributed by atoms with Crippen molar-refractivity contribution in [3.63, 3.8) is 0 Å². The van der Waals surface area contributed by atoms with E-state index < -0.39 is 6.23 Å². The number of ether oxygens (including phenoxy) is 2. The van der Waals surface area contributed by atoms with Crippen molar-refractivity contribution < 1.29 is 19.7 Å². The van der Waals surface area contributed by atoms with Gasteiger partial charge in [-0.25, -0.2) is 5.01 Å². The summed E-state index contributed by atoms with van der Waals surface area (Å²) in [5.41, 5.74) is 3.16. The minimum Gasteiger partial charge on any atom is -0.507 e. The summed E-state index contributed by atoms with van der Waals surface area (Å²) >= 11 is 6.16. The summed E-state index contributed by atoms with van der Waals surface area (Å²) in [6.45, 7) is 0. The highest BCUT2D eigenvalue weighted by molar-refractivity contribution is 6.31. The Hall–Kier alpha value is -3.38. The van der Waals surface area contributed by atoms with Crippen LogP contribution in [0, 0.1) is 0 Å². The molecule has 0 fully saturated rings. The van der Waals surface area contributed by atoms with Gasteiger partial charge in [0.25, 0.3) is 0 Å². The first-order valence-corrected chi connectivity index (χ1v) is 9.90. The highest BCUT2D eigenvalue weighted by atomic mass is 35.5. The third-order valence-corrected chi connectivity index (χ3v) is 5.69. The Bertz CT molecular complexity index is 1160. The van der Waals surface area contributed by atoms with Crippen LogP contribution in [0.15, 0.2) is 65.8 Å². The highest BCUT2D eigenvalue weighted by Gasteiger charge is 2.41. The number of phenols is 2. The van der Waals surface area contributed by atoms with Gasteiger partial charge in [-0.2, -0.15) is 5.10 Å². The van der Waals surface area contributed by atoms with Crippen LogP contribution in [-0.2, 0) is 0 Å². The van der Waals surface area contributed by atoms with Crippen molar-refractivity contribution in [2.24, 2.45) is 5.10 Å². The molecule has 30 heavy (non-hydrogen) atoms. The first kappa shape index (κ1) is 18.6. The number of halogens is 1. The summed E-state index contributed by atoms with van der Waals surface area (Å²) in [5, 5.41) is 27.6. The molecule has 0 spiro atoms. The number of hydrogen-bond acceptors (Lipinski definition) is 6. The Labute approximate surface area is 178 Å². The second kappa shape index (κ2) is 7.15. The number of phenolic OH excluding ortho intramolecular Hbond substituents is 2. The maximum atomic E-state index is 10.4. The van der Waals surface area contributed by atoms with E-state index in [0.29, 0.717) is 22.8 Å². The largest absolute Gasteiger partial charge is 0.507 e. The van der Waals surface area contributed by atoms with E-state index in [-0.39, 0.29) is 17.5 Å². The molecular formula is C23H19ClN2O4. The van der Waals surface area contributed by atoms with Crippen LogP contribution in [0.25, 0.3) is 0 Å². The molecule has 2 N–H and O–H groups in total. The molecule has 0 bridgehead atoms. The van der Waals surface area contributed by atoms with Gasteiger partial charge in [0.05, 0.1) is 18.9 Å². The average Bonchev–Trinajstić information content (AvgIpc) is 3.21. The Morgan fingerprint density at radius 3 is 2.70 bits per heavy atom. The highest BCUT2D eigenvalue weighted by Crippen LogP contribution is 2.48. The Morgan fingerprint density at radius 2 is 1.87 bits per heavy atom. The summed E-state index contributed by atoms with van der Waals surface area (Å²) in [6, 6.07) is 17.9. The lowest BCUT2D eigenvalue weighted by Gasteiger charge is -2.38. The molecule has 7 heteroatoms. The van der Waals surface area contributed by atoms with Gasteiger partial charge in [0.15, 0.2) is 11.5 Å². The molecule has 3 aromatic carbocycles. The molecule has 0 saturated heterocycles. The van der Waals surface area contributed by atoms with Crippen LogP contribution in [0.3, 0.4) is 0 Å². The number of benzene rings is 3. The molecule has 0 aromatic heterocycles. The number of fused-ring (bicyclic) bond motifs is 3. The lowest BCUT2D eigenvalue weighted by molar-refractivity contribution is -0.0191. The van der Waals surface area contributed by atoms with E-state index in [1.807, 2.05) is 29.3 Å². The molecule has 0 unspecified atom stereocenters. The van der Waals surface area contributed by atoms with Gasteiger partial charge in [0, 0.05) is 28.1 Å². The van der Waals surface area contributed by atoms with Gasteiger partial charge in [-0.05, 0) is 42.5 Å². The molecule has 152 valence electrons. The number of hydrazone groups is 1. The third kappa shape index (κ3) is 3.00. The van der Waals surface area contributed by atoms with E-state index in [0.717, 1.165) is 22.6 Å². The Kier molecular flexibility index (Phi) is 4.44. The van der Waals surface area contributed by atoms with Crippen molar-refractivity contribution in [3.05, 3.63) is 82.4 Å². The van der Waals surface area contributed by atoms with E-state index in [4.69, 9.17) is 26.2 Å². The van der Waals surface area contributed by atoms with E-state index in [1.165, 1.54) is 7.11 Å². The van der Waals surface area contributed by atoms with Crippen LogP contribution in [0.5, 0.6) is 23.0 Å². The van der Waals surface area contributed by atoms with Crippen LogP contribution < -0.4 is 9.47 Å². The van der Waals surface area contributed by atoms with Gasteiger partial charge in [-0.15, -0.1) is 0 Å². The van der Waals surface area contributed by atoms with Gasteiger partial charge in [-0.3, -0.25) is 0 Å². The van der Waals surface area contributed by atoms with Crippen molar-refractivity contribution >= 4 is 17.3 Å². The van der Waals surface area contributed by atoms with E-state index >= 15 is 0 Å². The Morgan fingerprint density at radius 1 is 1.07 bits per heavy atom. The van der Waals surface area contributed by atoms with Crippen molar-refractivity contribution in [3.8, 4) is 23.0 Å². The summed E-state index contributed by atoms with van der Waals surface area (Å²) in [6.07, 6.45) is 0.0817. The summed E-state index contributed by atoms with van der Waals surface area (Å²) < 4.78 is 11.6. The summed E-state index contributed by atoms with van der Waals surface area (Å²) in [5.74, 6) is 1.34. The number of methoxy groups -OCH3 is 1. The summed E-state index contributed by atoms with van der Waals surface area (Å²) in [7, 11) is 1.51. The van der Waals surface area contributed by atoms with Crippen LogP contribution in [0.2, 0.25) is 5.02 Å². The first-order valence-electron chi connectivity index (χ1n) is 9.52. The van der Waals surface area contributed by atoms with Crippen LogP contribution in [0.1, 0.15) is 35.4 Å². The monoisotopic (exact) mass is 422 g/mol. The van der Waals surface area contributed by atoms with Crippen molar-refractivity contribution in [2.75, 3.05) is 7.11 Å². The number of rotatable bonds is 3. The van der Waals surface area contributed by atoms with Gasteiger partial charge in [-0.1, -0.05) is 29.8 Å². The smallest absolute Gasteiger partial charge is 0.214 e. The number of aromatic hydroxyl groups is 2. The predicted molar refractivity (Wildman–Crippen MR) is 113 cm³/mol. The maximum Gasteiger partial charge on any atom is 0.214 e. The third-order valence-electron chi connectivity index (χ3n) is 5.46. The van der Waals surface area contributed by atoms with E-state index in [1.54, 1.807) is 36.4 Å². The van der Waals surface area contributed by atoms with Gasteiger partial charge < -0.3 is 19.7 Å². The molecular weight excluding hydrogens is 404 g/mol.